The number of ether oxygens (including phenoxy) is 1. The van der Waals surface area contributed by atoms with Crippen LogP contribution in [0.1, 0.15) is 46.9 Å². The maximum absolute atomic E-state index is 8.99. The average molecular weight is 460 g/mol. The molecule has 3 aromatic rings. The number of thiophene rings is 1. The molecule has 172 valence electrons. The van der Waals surface area contributed by atoms with E-state index < -0.39 is 0 Å². The third-order valence-electron chi connectivity index (χ3n) is 6.47. The summed E-state index contributed by atoms with van der Waals surface area (Å²) in [5.41, 5.74) is 3.35. The molecule has 1 atom stereocenters. The first-order valence-corrected chi connectivity index (χ1v) is 12.8. The quantitative estimate of drug-likeness (QED) is 0.416. The van der Waals surface area contributed by atoms with Crippen LogP contribution in [0.2, 0.25) is 0 Å². The predicted molar refractivity (Wildman–Crippen MR) is 136 cm³/mol. The van der Waals surface area contributed by atoms with Crippen LogP contribution in [0, 0.1) is 17.2 Å². The normalized spacial score (nSPS) is 15.8. The highest BCUT2D eigenvalue weighted by atomic mass is 32.1. The molecule has 1 N–H and O–H groups in total. The largest absolute Gasteiger partial charge is 0.485 e. The van der Waals surface area contributed by atoms with E-state index in [2.05, 4.69) is 70.2 Å². The van der Waals surface area contributed by atoms with E-state index in [-0.39, 0.29) is 6.10 Å². The van der Waals surface area contributed by atoms with Crippen LogP contribution in [0.15, 0.2) is 66.0 Å². The number of nitrogens with one attached hydrogen (secondary N) is 1. The van der Waals surface area contributed by atoms with Gasteiger partial charge in [0.15, 0.2) is 0 Å². The first-order chi connectivity index (χ1) is 16.2. The van der Waals surface area contributed by atoms with Crippen molar-refractivity contribution in [1.82, 2.24) is 10.2 Å². The second-order valence-electron chi connectivity index (χ2n) is 8.85. The van der Waals surface area contributed by atoms with Crippen LogP contribution in [-0.2, 0) is 13.0 Å². The highest BCUT2D eigenvalue weighted by molar-refractivity contribution is 7.10. The van der Waals surface area contributed by atoms with Gasteiger partial charge in [0, 0.05) is 23.4 Å². The van der Waals surface area contributed by atoms with Crippen molar-refractivity contribution < 1.29 is 4.74 Å². The Hall–Kier alpha value is -2.65. The zero-order chi connectivity index (χ0) is 22.9. The van der Waals surface area contributed by atoms with E-state index >= 15 is 0 Å². The molecule has 4 rings (SSSR count). The third kappa shape index (κ3) is 6.68. The minimum absolute atomic E-state index is 0.0803. The second kappa shape index (κ2) is 12.0. The van der Waals surface area contributed by atoms with Crippen molar-refractivity contribution in [2.24, 2.45) is 5.92 Å². The Morgan fingerprint density at radius 2 is 1.88 bits per heavy atom. The number of para-hydroxylation sites is 1. The van der Waals surface area contributed by atoms with Crippen LogP contribution < -0.4 is 10.1 Å². The number of piperidine rings is 1. The standard InChI is InChI=1S/C28H33N3OS/c1-30-15-12-27(28-7-4-18-33-28)32-26-6-3-2-5-25(26)21-31-16-13-23(14-17-31)19-22-8-10-24(20-29)11-9-22/h2-11,18,23,27,30H,12-17,19,21H2,1H3. The number of likely N-dealkylation sites (tertiary alicyclic amines) is 1. The number of rotatable bonds is 10. The van der Waals surface area contributed by atoms with E-state index in [1.54, 1.807) is 11.3 Å². The molecule has 1 saturated heterocycles. The number of nitriles is 1. The third-order valence-corrected chi connectivity index (χ3v) is 7.43. The van der Waals surface area contributed by atoms with Gasteiger partial charge in [0.05, 0.1) is 11.6 Å². The van der Waals surface area contributed by atoms with Crippen molar-refractivity contribution in [2.75, 3.05) is 26.7 Å². The minimum atomic E-state index is 0.0803. The van der Waals surface area contributed by atoms with E-state index in [9.17, 15) is 0 Å². The molecule has 1 unspecified atom stereocenters. The highest BCUT2D eigenvalue weighted by Crippen LogP contribution is 2.31. The Labute approximate surface area is 201 Å². The Morgan fingerprint density at radius 1 is 1.09 bits per heavy atom. The molecule has 0 spiro atoms. The molecule has 0 aliphatic carbocycles. The smallest absolute Gasteiger partial charge is 0.134 e. The van der Waals surface area contributed by atoms with Crippen LogP contribution in [0.5, 0.6) is 5.75 Å². The summed E-state index contributed by atoms with van der Waals surface area (Å²) < 4.78 is 6.57. The van der Waals surface area contributed by atoms with Crippen molar-refractivity contribution in [2.45, 2.75) is 38.3 Å². The fourth-order valence-corrected chi connectivity index (χ4v) is 5.34. The van der Waals surface area contributed by atoms with Crippen molar-refractivity contribution in [3.05, 3.63) is 87.6 Å². The molecule has 0 saturated carbocycles. The van der Waals surface area contributed by atoms with E-state index in [1.807, 2.05) is 19.2 Å². The molecule has 2 aromatic carbocycles. The fourth-order valence-electron chi connectivity index (χ4n) is 4.55. The molecule has 1 aromatic heterocycles. The molecular weight excluding hydrogens is 426 g/mol. The van der Waals surface area contributed by atoms with Gasteiger partial charge in [0.25, 0.3) is 0 Å². The lowest BCUT2D eigenvalue weighted by atomic mass is 9.90. The predicted octanol–water partition coefficient (Wildman–Crippen LogP) is 5.80. The topological polar surface area (TPSA) is 48.3 Å². The van der Waals surface area contributed by atoms with Crippen molar-refractivity contribution in [3.63, 3.8) is 0 Å². The summed E-state index contributed by atoms with van der Waals surface area (Å²) in [6.45, 7) is 4.09. The van der Waals surface area contributed by atoms with Crippen molar-refractivity contribution in [3.8, 4) is 11.8 Å². The molecule has 1 aliphatic rings. The lowest BCUT2D eigenvalue weighted by Crippen LogP contribution is -2.34. The van der Waals surface area contributed by atoms with Crippen LogP contribution in [0.4, 0.5) is 0 Å². The SMILES string of the molecule is CNCCC(Oc1ccccc1CN1CCC(Cc2ccc(C#N)cc2)CC1)c1cccs1. The Kier molecular flexibility index (Phi) is 8.54. The molecule has 1 fully saturated rings. The fraction of sp³-hybridized carbons (Fsp3) is 0.393. The van der Waals surface area contributed by atoms with Gasteiger partial charge in [-0.1, -0.05) is 36.4 Å². The summed E-state index contributed by atoms with van der Waals surface area (Å²) >= 11 is 1.77. The molecule has 0 radical (unpaired) electrons. The molecule has 0 bridgehead atoms. The Morgan fingerprint density at radius 3 is 2.58 bits per heavy atom. The van der Waals surface area contributed by atoms with Crippen LogP contribution in [0.3, 0.4) is 0 Å². The first-order valence-electron chi connectivity index (χ1n) is 11.9. The summed E-state index contributed by atoms with van der Waals surface area (Å²) in [5.74, 6) is 1.72. The highest BCUT2D eigenvalue weighted by Gasteiger charge is 2.22. The first kappa shape index (κ1) is 23.5. The molecular formula is C28H33N3OS. The Bertz CT molecular complexity index is 1020. The van der Waals surface area contributed by atoms with E-state index in [1.165, 1.54) is 28.8 Å². The van der Waals surface area contributed by atoms with E-state index in [0.717, 1.165) is 50.3 Å². The summed E-state index contributed by atoms with van der Waals surface area (Å²) in [6.07, 6.45) is 4.56. The summed E-state index contributed by atoms with van der Waals surface area (Å²) in [7, 11) is 1.99. The number of benzene rings is 2. The van der Waals surface area contributed by atoms with E-state index in [0.29, 0.717) is 5.92 Å². The molecule has 2 heterocycles. The molecule has 0 amide bonds. The zero-order valence-corrected chi connectivity index (χ0v) is 20.2. The lowest BCUT2D eigenvalue weighted by Gasteiger charge is -2.32. The molecule has 5 heteroatoms. The maximum atomic E-state index is 8.99. The average Bonchev–Trinajstić information content (AvgIpc) is 3.39. The summed E-state index contributed by atoms with van der Waals surface area (Å²) in [5, 5.41) is 14.4. The number of hydrogen-bond acceptors (Lipinski definition) is 5. The Balaban J connectivity index is 1.34. The maximum Gasteiger partial charge on any atom is 0.134 e. The number of nitrogens with zero attached hydrogens (tertiary/aromatic N) is 2. The second-order valence-corrected chi connectivity index (χ2v) is 9.83. The van der Waals surface area contributed by atoms with Crippen LogP contribution >= 0.6 is 11.3 Å². The monoisotopic (exact) mass is 459 g/mol. The van der Waals surface area contributed by atoms with Crippen molar-refractivity contribution >= 4 is 11.3 Å². The van der Waals surface area contributed by atoms with E-state index in [4.69, 9.17) is 10.00 Å². The van der Waals surface area contributed by atoms with Gasteiger partial charge in [0.1, 0.15) is 11.9 Å². The van der Waals surface area contributed by atoms with Gasteiger partial charge in [-0.25, -0.2) is 0 Å². The lowest BCUT2D eigenvalue weighted by molar-refractivity contribution is 0.166. The van der Waals surface area contributed by atoms with Gasteiger partial charge in [-0.3, -0.25) is 4.90 Å². The van der Waals surface area contributed by atoms with Gasteiger partial charge in [0.2, 0.25) is 0 Å². The van der Waals surface area contributed by atoms with Gasteiger partial charge >= 0.3 is 0 Å². The van der Waals surface area contributed by atoms with Crippen LogP contribution in [-0.4, -0.2) is 31.6 Å². The molecule has 33 heavy (non-hydrogen) atoms. The van der Waals surface area contributed by atoms with Gasteiger partial charge < -0.3 is 10.1 Å². The van der Waals surface area contributed by atoms with Crippen LogP contribution in [0.25, 0.3) is 0 Å². The van der Waals surface area contributed by atoms with Gasteiger partial charge in [-0.15, -0.1) is 11.3 Å². The number of hydrogen-bond donors (Lipinski definition) is 1. The minimum Gasteiger partial charge on any atom is -0.485 e. The summed E-state index contributed by atoms with van der Waals surface area (Å²) in [6, 6.07) is 23.1. The molecule has 1 aliphatic heterocycles. The summed E-state index contributed by atoms with van der Waals surface area (Å²) in [4.78, 5) is 3.84. The van der Waals surface area contributed by atoms with Crippen molar-refractivity contribution in [1.29, 1.82) is 5.26 Å². The molecule has 4 nitrogen and oxygen atoms in total. The zero-order valence-electron chi connectivity index (χ0n) is 19.4. The van der Waals surface area contributed by atoms with Gasteiger partial charge in [-0.05, 0) is 87.1 Å². The van der Waals surface area contributed by atoms with Gasteiger partial charge in [-0.2, -0.15) is 5.26 Å².